The van der Waals surface area contributed by atoms with Gasteiger partial charge in [0, 0.05) is 12.3 Å². The smallest absolute Gasteiger partial charge is 0.137 e. The molecule has 1 N–H and O–H groups in total. The highest BCUT2D eigenvalue weighted by Gasteiger charge is 2.20. The first-order valence-corrected chi connectivity index (χ1v) is 6.27. The molecule has 2 heterocycles. The summed E-state index contributed by atoms with van der Waals surface area (Å²) in [4.78, 5) is 7.71. The Bertz CT molecular complexity index is 408. The van der Waals surface area contributed by atoms with E-state index >= 15 is 0 Å². The van der Waals surface area contributed by atoms with Gasteiger partial charge in [-0.2, -0.15) is 0 Å². The van der Waals surface area contributed by atoms with E-state index in [1.165, 1.54) is 5.69 Å². The van der Waals surface area contributed by atoms with Crippen LogP contribution in [-0.4, -0.2) is 16.6 Å². The molecule has 1 aromatic heterocycles. The van der Waals surface area contributed by atoms with Crippen LogP contribution in [0, 0.1) is 10.6 Å². The lowest BCUT2D eigenvalue weighted by molar-refractivity contribution is 0.104. The maximum Gasteiger partial charge on any atom is 0.137 e. The van der Waals surface area contributed by atoms with Gasteiger partial charge in [-0.15, -0.1) is 0 Å². The van der Waals surface area contributed by atoms with Crippen molar-refractivity contribution in [3.63, 3.8) is 0 Å². The highest BCUT2D eigenvalue weighted by molar-refractivity contribution is 7.71. The van der Waals surface area contributed by atoms with E-state index in [1.807, 2.05) is 6.07 Å². The van der Waals surface area contributed by atoms with Crippen molar-refractivity contribution in [2.24, 2.45) is 5.92 Å². The standard InChI is InChI=1S/C12H18N2OS/c1-8(2)6-9-7-11(16)14-12(13-9)10-4-3-5-15-10/h7-8,10H,3-6H2,1-2H3,(H,13,14,16). The van der Waals surface area contributed by atoms with E-state index in [1.54, 1.807) is 0 Å². The maximum absolute atomic E-state index is 5.61. The number of hydrogen-bond donors (Lipinski definition) is 1. The first kappa shape index (κ1) is 11.7. The molecule has 1 aliphatic heterocycles. The van der Waals surface area contributed by atoms with Gasteiger partial charge in [0.05, 0.1) is 0 Å². The van der Waals surface area contributed by atoms with Crippen molar-refractivity contribution in [3.8, 4) is 0 Å². The molecule has 1 fully saturated rings. The first-order chi connectivity index (χ1) is 7.65. The fourth-order valence-electron chi connectivity index (χ4n) is 2.02. The summed E-state index contributed by atoms with van der Waals surface area (Å²) < 4.78 is 6.28. The fraction of sp³-hybridized carbons (Fsp3) is 0.667. The van der Waals surface area contributed by atoms with Crippen LogP contribution in [0.25, 0.3) is 0 Å². The SMILES string of the molecule is CC(C)Cc1cc(=S)nc(C2CCCO2)[nH]1. The topological polar surface area (TPSA) is 37.9 Å². The van der Waals surface area contributed by atoms with E-state index in [9.17, 15) is 0 Å². The lowest BCUT2D eigenvalue weighted by Crippen LogP contribution is -2.07. The molecule has 16 heavy (non-hydrogen) atoms. The molecule has 1 unspecified atom stereocenters. The predicted molar refractivity (Wildman–Crippen MR) is 65.9 cm³/mol. The van der Waals surface area contributed by atoms with Crippen molar-refractivity contribution in [2.45, 2.75) is 39.2 Å². The summed E-state index contributed by atoms with van der Waals surface area (Å²) in [6, 6.07) is 1.95. The molecule has 0 radical (unpaired) electrons. The van der Waals surface area contributed by atoms with Crippen molar-refractivity contribution in [1.29, 1.82) is 0 Å². The van der Waals surface area contributed by atoms with Gasteiger partial charge in [0.2, 0.25) is 0 Å². The van der Waals surface area contributed by atoms with Gasteiger partial charge in [-0.25, -0.2) is 4.98 Å². The number of ether oxygens (including phenoxy) is 1. The number of H-pyrrole nitrogens is 1. The van der Waals surface area contributed by atoms with Crippen LogP contribution < -0.4 is 0 Å². The van der Waals surface area contributed by atoms with Crippen LogP contribution in [0.3, 0.4) is 0 Å². The van der Waals surface area contributed by atoms with E-state index in [2.05, 4.69) is 23.8 Å². The van der Waals surface area contributed by atoms with E-state index in [4.69, 9.17) is 17.0 Å². The molecule has 1 aliphatic rings. The molecule has 3 nitrogen and oxygen atoms in total. The van der Waals surface area contributed by atoms with Crippen LogP contribution in [0.1, 0.15) is 44.3 Å². The minimum absolute atomic E-state index is 0.119. The number of nitrogens with one attached hydrogen (secondary N) is 1. The van der Waals surface area contributed by atoms with Gasteiger partial charge in [-0.05, 0) is 31.2 Å². The quantitative estimate of drug-likeness (QED) is 0.822. The van der Waals surface area contributed by atoms with Gasteiger partial charge in [-0.1, -0.05) is 26.1 Å². The minimum atomic E-state index is 0.119. The van der Waals surface area contributed by atoms with Gasteiger partial charge >= 0.3 is 0 Å². The molecule has 88 valence electrons. The molecule has 0 amide bonds. The molecule has 4 heteroatoms. The highest BCUT2D eigenvalue weighted by Crippen LogP contribution is 2.26. The van der Waals surface area contributed by atoms with Crippen molar-refractivity contribution in [1.82, 2.24) is 9.97 Å². The maximum atomic E-state index is 5.61. The second-order valence-electron chi connectivity index (χ2n) is 4.73. The third-order valence-corrected chi connectivity index (χ3v) is 2.89. The number of rotatable bonds is 3. The molecule has 1 atom stereocenters. The summed E-state index contributed by atoms with van der Waals surface area (Å²) in [5, 5.41) is 0. The minimum Gasteiger partial charge on any atom is -0.370 e. The third kappa shape index (κ3) is 2.89. The Hall–Kier alpha value is -0.740. The number of hydrogen-bond acceptors (Lipinski definition) is 3. The molecule has 0 saturated carbocycles. The Kier molecular flexibility index (Phi) is 3.71. The van der Waals surface area contributed by atoms with Gasteiger partial charge in [0.15, 0.2) is 0 Å². The molecule has 0 aromatic carbocycles. The summed E-state index contributed by atoms with van der Waals surface area (Å²) in [6.45, 7) is 5.23. The summed E-state index contributed by atoms with van der Waals surface area (Å²) in [5.41, 5.74) is 1.17. The normalized spacial score (nSPS) is 20.6. The first-order valence-electron chi connectivity index (χ1n) is 5.87. The van der Waals surface area contributed by atoms with Crippen LogP contribution in [0.5, 0.6) is 0 Å². The number of nitrogens with zero attached hydrogens (tertiary/aromatic N) is 1. The Balaban J connectivity index is 2.24. The van der Waals surface area contributed by atoms with Crippen LogP contribution in [0.15, 0.2) is 6.07 Å². The average Bonchev–Trinajstić information content (AvgIpc) is 2.67. The fourth-order valence-corrected chi connectivity index (χ4v) is 2.26. The Labute approximate surface area is 101 Å². The van der Waals surface area contributed by atoms with Crippen molar-refractivity contribution >= 4 is 12.2 Å². The van der Waals surface area contributed by atoms with Gasteiger partial charge in [0.25, 0.3) is 0 Å². The molecule has 1 saturated heterocycles. The zero-order valence-corrected chi connectivity index (χ0v) is 10.6. The van der Waals surface area contributed by atoms with Crippen LogP contribution in [0.2, 0.25) is 0 Å². The van der Waals surface area contributed by atoms with Crippen molar-refractivity contribution in [3.05, 3.63) is 22.2 Å². The molecule has 2 rings (SSSR count). The molecule has 0 spiro atoms. The summed E-state index contributed by atoms with van der Waals surface area (Å²) >= 11 is 5.19. The Morgan fingerprint density at radius 1 is 1.62 bits per heavy atom. The van der Waals surface area contributed by atoms with Gasteiger partial charge < -0.3 is 9.72 Å². The Morgan fingerprint density at radius 3 is 3.06 bits per heavy atom. The second-order valence-corrected chi connectivity index (χ2v) is 5.15. The van der Waals surface area contributed by atoms with Gasteiger partial charge in [-0.3, -0.25) is 0 Å². The van der Waals surface area contributed by atoms with E-state index in [0.717, 1.165) is 31.7 Å². The lowest BCUT2D eigenvalue weighted by atomic mass is 10.1. The molecule has 0 aliphatic carbocycles. The average molecular weight is 238 g/mol. The molecular formula is C12H18N2OS. The predicted octanol–water partition coefficient (Wildman–Crippen LogP) is 3.19. The second kappa shape index (κ2) is 5.06. The number of aromatic nitrogens is 2. The summed E-state index contributed by atoms with van der Waals surface area (Å²) in [7, 11) is 0. The number of aromatic amines is 1. The van der Waals surface area contributed by atoms with Gasteiger partial charge in [0.1, 0.15) is 16.6 Å². The van der Waals surface area contributed by atoms with Crippen LogP contribution in [-0.2, 0) is 11.2 Å². The molecular weight excluding hydrogens is 220 g/mol. The largest absolute Gasteiger partial charge is 0.370 e. The van der Waals surface area contributed by atoms with Crippen LogP contribution in [0.4, 0.5) is 0 Å². The molecule has 1 aromatic rings. The summed E-state index contributed by atoms with van der Waals surface area (Å²) in [5.74, 6) is 1.52. The van der Waals surface area contributed by atoms with E-state index in [-0.39, 0.29) is 6.10 Å². The third-order valence-electron chi connectivity index (χ3n) is 2.68. The van der Waals surface area contributed by atoms with Crippen molar-refractivity contribution < 1.29 is 4.74 Å². The summed E-state index contributed by atoms with van der Waals surface area (Å²) in [6.07, 6.45) is 3.28. The zero-order valence-electron chi connectivity index (χ0n) is 9.82. The zero-order chi connectivity index (χ0) is 11.5. The highest BCUT2D eigenvalue weighted by atomic mass is 32.1. The Morgan fingerprint density at radius 2 is 2.44 bits per heavy atom. The van der Waals surface area contributed by atoms with E-state index < -0.39 is 0 Å². The van der Waals surface area contributed by atoms with E-state index in [0.29, 0.717) is 10.6 Å². The lowest BCUT2D eigenvalue weighted by Gasteiger charge is -2.12. The molecule has 0 bridgehead atoms. The monoisotopic (exact) mass is 238 g/mol. The van der Waals surface area contributed by atoms with Crippen molar-refractivity contribution in [2.75, 3.05) is 6.61 Å². The van der Waals surface area contributed by atoms with Crippen LogP contribution >= 0.6 is 12.2 Å².